The summed E-state index contributed by atoms with van der Waals surface area (Å²) in [5.74, 6) is -4.36. The number of carboxylic acid groups (broad SMARTS) is 1. The van der Waals surface area contributed by atoms with Gasteiger partial charge in [-0.3, -0.25) is 0 Å². The van der Waals surface area contributed by atoms with Crippen molar-refractivity contribution < 1.29 is 32.2 Å². The van der Waals surface area contributed by atoms with Crippen LogP contribution in [0.2, 0.25) is 0 Å². The summed E-state index contributed by atoms with van der Waals surface area (Å²) in [5.41, 5.74) is -0.814. The molecule has 20 heavy (non-hydrogen) atoms. The molecule has 0 atom stereocenters. The maximum Gasteiger partial charge on any atom is 0.357 e. The number of sulfonamides is 1. The third-order valence-corrected chi connectivity index (χ3v) is 3.50. The second-order valence-corrected chi connectivity index (χ2v) is 5.16. The summed E-state index contributed by atoms with van der Waals surface area (Å²) in [4.78, 5) is 21.3. The number of aliphatic carboxylic acids is 1. The van der Waals surface area contributed by atoms with E-state index in [4.69, 9.17) is 5.11 Å². The van der Waals surface area contributed by atoms with Crippen LogP contribution in [0.5, 0.6) is 5.75 Å². The highest BCUT2D eigenvalue weighted by Gasteiger charge is 2.34. The molecule has 0 fully saturated rings. The van der Waals surface area contributed by atoms with Gasteiger partial charge in [0.05, 0.1) is 0 Å². The molecule has 1 aliphatic heterocycles. The lowest BCUT2D eigenvalue weighted by Crippen LogP contribution is -2.16. The quantitative estimate of drug-likeness (QED) is 0.642. The first-order valence-electron chi connectivity index (χ1n) is 5.08. The van der Waals surface area contributed by atoms with Gasteiger partial charge in [0.1, 0.15) is 0 Å². The fraction of sp³-hybridized carbons (Fsp3) is 0. The van der Waals surface area contributed by atoms with Gasteiger partial charge in [-0.25, -0.2) is 14.0 Å². The first kappa shape index (κ1) is 13.9. The van der Waals surface area contributed by atoms with Crippen molar-refractivity contribution in [1.29, 1.82) is 0 Å². The minimum absolute atomic E-state index is 0.475. The zero-order valence-electron chi connectivity index (χ0n) is 9.61. The van der Waals surface area contributed by atoms with Crippen molar-refractivity contribution in [3.63, 3.8) is 0 Å². The van der Waals surface area contributed by atoms with Crippen molar-refractivity contribution >= 4 is 27.7 Å². The SMILES string of the molecule is O=C(O)C1=NS(=O)(=O)C(C(=O)Oc2ccccc2F)=C1. The summed E-state index contributed by atoms with van der Waals surface area (Å²) < 4.78 is 43.7. The van der Waals surface area contributed by atoms with Crippen LogP contribution < -0.4 is 4.74 Å². The summed E-state index contributed by atoms with van der Waals surface area (Å²) >= 11 is 0. The molecule has 0 unspecified atom stereocenters. The lowest BCUT2D eigenvalue weighted by Gasteiger charge is -2.04. The van der Waals surface area contributed by atoms with Gasteiger partial charge >= 0.3 is 11.9 Å². The molecule has 1 aromatic carbocycles. The van der Waals surface area contributed by atoms with Crippen LogP contribution >= 0.6 is 0 Å². The maximum absolute atomic E-state index is 13.3. The third-order valence-electron chi connectivity index (χ3n) is 2.22. The molecular formula is C11H6FNO6S. The van der Waals surface area contributed by atoms with Crippen molar-refractivity contribution in [2.45, 2.75) is 0 Å². The van der Waals surface area contributed by atoms with Gasteiger partial charge < -0.3 is 9.84 Å². The number of carbonyl (C=O) groups excluding carboxylic acids is 1. The predicted octanol–water partition coefficient (Wildman–Crippen LogP) is 0.484. The molecule has 1 N–H and O–H groups in total. The molecule has 104 valence electrons. The smallest absolute Gasteiger partial charge is 0.357 e. The molecular weight excluding hydrogens is 293 g/mol. The van der Waals surface area contributed by atoms with Crippen LogP contribution in [-0.2, 0) is 19.6 Å². The number of esters is 1. The summed E-state index contributed by atoms with van der Waals surface area (Å²) in [5, 5.41) is 8.63. The molecule has 1 aromatic rings. The van der Waals surface area contributed by atoms with Crippen molar-refractivity contribution in [1.82, 2.24) is 0 Å². The van der Waals surface area contributed by atoms with Crippen LogP contribution in [0.4, 0.5) is 4.39 Å². The lowest BCUT2D eigenvalue weighted by atomic mass is 10.3. The molecule has 0 amide bonds. The Morgan fingerprint density at radius 1 is 1.25 bits per heavy atom. The van der Waals surface area contributed by atoms with Crippen LogP contribution in [0.3, 0.4) is 0 Å². The van der Waals surface area contributed by atoms with E-state index in [1.165, 1.54) is 12.1 Å². The Bertz CT molecular complexity index is 765. The topological polar surface area (TPSA) is 110 Å². The van der Waals surface area contributed by atoms with Gasteiger partial charge in [0.25, 0.3) is 10.0 Å². The van der Waals surface area contributed by atoms with Crippen molar-refractivity contribution in [3.8, 4) is 5.75 Å². The number of hydrogen-bond donors (Lipinski definition) is 1. The van der Waals surface area contributed by atoms with Gasteiger partial charge in [-0.15, -0.1) is 0 Å². The second kappa shape index (κ2) is 4.85. The molecule has 0 spiro atoms. The van der Waals surface area contributed by atoms with Crippen LogP contribution in [0.25, 0.3) is 0 Å². The zero-order valence-corrected chi connectivity index (χ0v) is 10.4. The molecule has 0 saturated heterocycles. The standard InChI is InChI=1S/C11H6FNO6S/c12-6-3-1-2-4-8(6)19-11(16)9-5-7(10(14)15)13-20(9,17)18/h1-5H,(H,14,15). The van der Waals surface area contributed by atoms with E-state index >= 15 is 0 Å². The van der Waals surface area contributed by atoms with E-state index in [9.17, 15) is 22.4 Å². The lowest BCUT2D eigenvalue weighted by molar-refractivity contribution is -0.130. The van der Waals surface area contributed by atoms with Gasteiger partial charge in [0.15, 0.2) is 22.2 Å². The Morgan fingerprint density at radius 2 is 1.90 bits per heavy atom. The summed E-state index contributed by atoms with van der Waals surface area (Å²) in [6.07, 6.45) is 0.556. The van der Waals surface area contributed by atoms with Crippen molar-refractivity contribution in [3.05, 3.63) is 41.1 Å². The first-order valence-corrected chi connectivity index (χ1v) is 6.52. The molecule has 1 aliphatic rings. The highest BCUT2D eigenvalue weighted by atomic mass is 32.2. The van der Waals surface area contributed by atoms with E-state index in [0.29, 0.717) is 6.08 Å². The Kier molecular flexibility index (Phi) is 3.36. The predicted molar refractivity (Wildman–Crippen MR) is 64.1 cm³/mol. The molecule has 0 saturated carbocycles. The number of halogens is 1. The van der Waals surface area contributed by atoms with Gasteiger partial charge in [0, 0.05) is 6.08 Å². The largest absolute Gasteiger partial charge is 0.476 e. The molecule has 0 aromatic heterocycles. The Morgan fingerprint density at radius 3 is 2.45 bits per heavy atom. The van der Waals surface area contributed by atoms with Gasteiger partial charge in [-0.05, 0) is 12.1 Å². The minimum Gasteiger partial charge on any atom is -0.476 e. The van der Waals surface area contributed by atoms with Crippen LogP contribution in [0, 0.1) is 5.82 Å². The number of benzene rings is 1. The normalized spacial score (nSPS) is 16.2. The van der Waals surface area contributed by atoms with Gasteiger partial charge in [-0.1, -0.05) is 12.1 Å². The van der Waals surface area contributed by atoms with Gasteiger partial charge in [-0.2, -0.15) is 12.8 Å². The molecule has 2 rings (SSSR count). The Balaban J connectivity index is 2.30. The van der Waals surface area contributed by atoms with Crippen LogP contribution in [0.1, 0.15) is 0 Å². The number of carbonyl (C=O) groups is 2. The van der Waals surface area contributed by atoms with Crippen LogP contribution in [0.15, 0.2) is 39.6 Å². The Hall–Kier alpha value is -2.55. The van der Waals surface area contributed by atoms with E-state index in [1.54, 1.807) is 0 Å². The number of nitrogens with zero attached hydrogens (tertiary/aromatic N) is 1. The highest BCUT2D eigenvalue weighted by molar-refractivity contribution is 7.95. The number of para-hydroxylation sites is 1. The zero-order chi connectivity index (χ0) is 14.9. The van der Waals surface area contributed by atoms with E-state index in [-0.39, 0.29) is 0 Å². The van der Waals surface area contributed by atoms with Crippen LogP contribution in [-0.4, -0.2) is 31.2 Å². The highest BCUT2D eigenvalue weighted by Crippen LogP contribution is 2.22. The number of rotatable bonds is 3. The summed E-state index contributed by atoms with van der Waals surface area (Å²) in [7, 11) is -4.44. The molecule has 7 nitrogen and oxygen atoms in total. The minimum atomic E-state index is -4.44. The fourth-order valence-electron chi connectivity index (χ4n) is 1.35. The third kappa shape index (κ3) is 2.57. The molecule has 0 radical (unpaired) electrons. The average molecular weight is 299 g/mol. The molecule has 9 heteroatoms. The fourth-order valence-corrected chi connectivity index (χ4v) is 2.35. The van der Waals surface area contributed by atoms with E-state index < -0.39 is 44.1 Å². The molecule has 0 bridgehead atoms. The second-order valence-electron chi connectivity index (χ2n) is 3.59. The number of ether oxygens (including phenoxy) is 1. The molecule has 0 aliphatic carbocycles. The summed E-state index contributed by atoms with van der Waals surface area (Å²) in [6, 6.07) is 4.86. The average Bonchev–Trinajstić information content (AvgIpc) is 2.68. The number of carboxylic acids is 1. The molecule has 1 heterocycles. The van der Waals surface area contributed by atoms with Crippen molar-refractivity contribution in [2.75, 3.05) is 0 Å². The Labute approximate surface area is 112 Å². The first-order chi connectivity index (χ1) is 9.31. The maximum atomic E-state index is 13.3. The number of hydrogen-bond acceptors (Lipinski definition) is 5. The monoisotopic (exact) mass is 299 g/mol. The van der Waals surface area contributed by atoms with Gasteiger partial charge in [0.2, 0.25) is 0 Å². The van der Waals surface area contributed by atoms with E-state index in [2.05, 4.69) is 9.13 Å². The summed E-state index contributed by atoms with van der Waals surface area (Å²) in [6.45, 7) is 0. The van der Waals surface area contributed by atoms with Crippen molar-refractivity contribution in [2.24, 2.45) is 4.40 Å². The van der Waals surface area contributed by atoms with E-state index in [1.807, 2.05) is 0 Å². The van der Waals surface area contributed by atoms with E-state index in [0.717, 1.165) is 12.1 Å².